The minimum Gasteiger partial charge on any atom is -0.497 e. The number of esters is 1. The number of thioether (sulfide) groups is 1. The Balaban J connectivity index is 1.63. The molecule has 0 aliphatic heterocycles. The maximum atomic E-state index is 12.6. The van der Waals surface area contributed by atoms with Crippen LogP contribution in [0.2, 0.25) is 0 Å². The van der Waals surface area contributed by atoms with Crippen LogP contribution in [-0.4, -0.2) is 46.6 Å². The number of thiophene rings is 1. The van der Waals surface area contributed by atoms with Gasteiger partial charge in [0.25, 0.3) is 0 Å². The Kier molecular flexibility index (Phi) is 9.11. The topological polar surface area (TPSA) is 105 Å². The summed E-state index contributed by atoms with van der Waals surface area (Å²) in [5, 5.41) is 12.3. The van der Waals surface area contributed by atoms with Crippen LogP contribution in [0.1, 0.15) is 28.0 Å². The van der Waals surface area contributed by atoms with Gasteiger partial charge in [-0.15, -0.1) is 28.1 Å². The minimum absolute atomic E-state index is 0.0918. The highest BCUT2D eigenvalue weighted by atomic mass is 32.2. The summed E-state index contributed by atoms with van der Waals surface area (Å²) in [4.78, 5) is 25.6. The predicted molar refractivity (Wildman–Crippen MR) is 132 cm³/mol. The number of anilines is 1. The summed E-state index contributed by atoms with van der Waals surface area (Å²) in [6.07, 6.45) is 2.48. The number of benzene rings is 1. The van der Waals surface area contributed by atoms with Gasteiger partial charge in [0.15, 0.2) is 11.0 Å². The molecular formula is C23H26N4O5S2. The van der Waals surface area contributed by atoms with E-state index in [1.54, 1.807) is 19.3 Å². The van der Waals surface area contributed by atoms with E-state index in [0.717, 1.165) is 17.0 Å². The zero-order valence-electron chi connectivity index (χ0n) is 19.2. The van der Waals surface area contributed by atoms with Crippen molar-refractivity contribution in [3.8, 4) is 11.5 Å². The lowest BCUT2D eigenvalue weighted by Crippen LogP contribution is -2.16. The highest BCUT2D eigenvalue weighted by Crippen LogP contribution is 2.30. The third-order valence-corrected chi connectivity index (χ3v) is 6.82. The summed E-state index contributed by atoms with van der Waals surface area (Å²) < 4.78 is 17.6. The van der Waals surface area contributed by atoms with Crippen molar-refractivity contribution in [2.24, 2.45) is 0 Å². The number of carbonyl (C=O) groups excluding carboxylic acids is 2. The van der Waals surface area contributed by atoms with Gasteiger partial charge in [0.05, 0.1) is 25.5 Å². The third-order valence-electron chi connectivity index (χ3n) is 4.65. The van der Waals surface area contributed by atoms with Gasteiger partial charge in [-0.2, -0.15) is 0 Å². The fraction of sp³-hybridized carbons (Fsp3) is 0.304. The van der Waals surface area contributed by atoms with Crippen molar-refractivity contribution in [1.29, 1.82) is 0 Å². The van der Waals surface area contributed by atoms with Crippen LogP contribution in [-0.2, 0) is 29.1 Å². The molecule has 0 saturated heterocycles. The van der Waals surface area contributed by atoms with E-state index in [-0.39, 0.29) is 18.3 Å². The molecule has 0 bridgehead atoms. The molecule has 3 aromatic rings. The maximum Gasteiger partial charge on any atom is 0.340 e. The number of hydrogen-bond donors (Lipinski definition) is 1. The maximum absolute atomic E-state index is 12.6. The molecule has 2 aromatic heterocycles. The normalized spacial score (nSPS) is 10.6. The summed E-state index contributed by atoms with van der Waals surface area (Å²) in [6.45, 7) is 6.45. The monoisotopic (exact) mass is 502 g/mol. The van der Waals surface area contributed by atoms with Gasteiger partial charge in [0.1, 0.15) is 23.1 Å². The molecule has 0 aliphatic rings. The van der Waals surface area contributed by atoms with Crippen LogP contribution in [0.25, 0.3) is 0 Å². The van der Waals surface area contributed by atoms with Crippen LogP contribution in [0, 0.1) is 0 Å². The smallest absolute Gasteiger partial charge is 0.340 e. The van der Waals surface area contributed by atoms with E-state index >= 15 is 0 Å². The zero-order chi connectivity index (χ0) is 24.5. The largest absolute Gasteiger partial charge is 0.497 e. The lowest BCUT2D eigenvalue weighted by Gasteiger charge is -2.10. The van der Waals surface area contributed by atoms with E-state index in [4.69, 9.17) is 14.2 Å². The number of hydrogen-bond acceptors (Lipinski definition) is 9. The van der Waals surface area contributed by atoms with Gasteiger partial charge in [-0.3, -0.25) is 9.36 Å². The van der Waals surface area contributed by atoms with Gasteiger partial charge in [-0.1, -0.05) is 24.8 Å². The van der Waals surface area contributed by atoms with Gasteiger partial charge >= 0.3 is 5.97 Å². The number of nitrogens with zero attached hydrogens (tertiary/aromatic N) is 3. The minimum atomic E-state index is -0.480. The first-order valence-corrected chi connectivity index (χ1v) is 12.2. The molecule has 0 aliphatic carbocycles. The van der Waals surface area contributed by atoms with Crippen molar-refractivity contribution in [3.05, 3.63) is 59.3 Å². The number of amides is 1. The fourth-order valence-corrected chi connectivity index (χ4v) is 4.70. The van der Waals surface area contributed by atoms with E-state index in [1.165, 1.54) is 30.2 Å². The third kappa shape index (κ3) is 6.39. The first-order chi connectivity index (χ1) is 16.5. The molecule has 0 unspecified atom stereocenters. The zero-order valence-corrected chi connectivity index (χ0v) is 20.8. The van der Waals surface area contributed by atoms with Crippen molar-refractivity contribution in [2.45, 2.75) is 31.7 Å². The number of aromatic nitrogens is 3. The van der Waals surface area contributed by atoms with E-state index in [2.05, 4.69) is 22.1 Å². The second kappa shape index (κ2) is 12.2. The Morgan fingerprint density at radius 3 is 2.59 bits per heavy atom. The van der Waals surface area contributed by atoms with Crippen LogP contribution in [0.15, 0.2) is 48.1 Å². The van der Waals surface area contributed by atoms with Gasteiger partial charge < -0.3 is 19.5 Å². The van der Waals surface area contributed by atoms with Crippen molar-refractivity contribution >= 4 is 40.0 Å². The standard InChI is InChI=1S/C23H26N4O5S2/c1-5-11-27-19(13-32-16-9-7-15(30-3)8-10-16)25-26-23(27)33-14-20(28)24-21-18(22(29)31-4)12-17(6-2)34-21/h5,7-10,12H,1,6,11,13-14H2,2-4H3,(H,24,28). The lowest BCUT2D eigenvalue weighted by atomic mass is 10.2. The first kappa shape index (κ1) is 25.3. The number of ether oxygens (including phenoxy) is 3. The fourth-order valence-electron chi connectivity index (χ4n) is 2.93. The average molecular weight is 503 g/mol. The van der Waals surface area contributed by atoms with Crippen molar-refractivity contribution < 1.29 is 23.8 Å². The molecule has 0 atom stereocenters. The molecule has 9 nitrogen and oxygen atoms in total. The van der Waals surface area contributed by atoms with Crippen LogP contribution >= 0.6 is 23.1 Å². The summed E-state index contributed by atoms with van der Waals surface area (Å²) >= 11 is 2.60. The average Bonchev–Trinajstić information content (AvgIpc) is 3.45. The molecule has 0 fully saturated rings. The number of allylic oxidation sites excluding steroid dienone is 1. The number of nitrogens with one attached hydrogen (secondary N) is 1. The Morgan fingerprint density at radius 2 is 1.94 bits per heavy atom. The van der Waals surface area contributed by atoms with Crippen LogP contribution in [0.4, 0.5) is 5.00 Å². The quantitative estimate of drug-likeness (QED) is 0.223. The van der Waals surface area contributed by atoms with E-state index in [9.17, 15) is 9.59 Å². The Morgan fingerprint density at radius 1 is 1.21 bits per heavy atom. The van der Waals surface area contributed by atoms with Crippen molar-refractivity contribution in [2.75, 3.05) is 25.3 Å². The highest BCUT2D eigenvalue weighted by Gasteiger charge is 2.19. The molecule has 34 heavy (non-hydrogen) atoms. The van der Waals surface area contributed by atoms with Gasteiger partial charge in [-0.25, -0.2) is 4.79 Å². The highest BCUT2D eigenvalue weighted by molar-refractivity contribution is 7.99. The van der Waals surface area contributed by atoms with Crippen molar-refractivity contribution in [1.82, 2.24) is 14.8 Å². The molecule has 3 rings (SSSR count). The second-order valence-electron chi connectivity index (χ2n) is 6.90. The number of carbonyl (C=O) groups is 2. The van der Waals surface area contributed by atoms with E-state index < -0.39 is 5.97 Å². The first-order valence-electron chi connectivity index (χ1n) is 10.4. The summed E-state index contributed by atoms with van der Waals surface area (Å²) in [5.41, 5.74) is 0.357. The molecule has 1 N–H and O–H groups in total. The lowest BCUT2D eigenvalue weighted by molar-refractivity contribution is -0.113. The summed E-state index contributed by atoms with van der Waals surface area (Å²) in [5.74, 6) is 1.37. The SMILES string of the molecule is C=CCn1c(COc2ccc(OC)cc2)nnc1SCC(=O)Nc1sc(CC)cc1C(=O)OC. The summed E-state index contributed by atoms with van der Waals surface area (Å²) in [6, 6.07) is 8.99. The second-order valence-corrected chi connectivity index (χ2v) is 8.98. The van der Waals surface area contributed by atoms with E-state index in [0.29, 0.717) is 33.8 Å². The van der Waals surface area contributed by atoms with Gasteiger partial charge in [-0.05, 0) is 36.8 Å². The molecule has 11 heteroatoms. The number of rotatable bonds is 12. The molecule has 2 heterocycles. The molecule has 0 saturated carbocycles. The van der Waals surface area contributed by atoms with Crippen LogP contribution < -0.4 is 14.8 Å². The van der Waals surface area contributed by atoms with Crippen LogP contribution in [0.3, 0.4) is 0 Å². The number of aryl methyl sites for hydroxylation is 1. The van der Waals surface area contributed by atoms with E-state index in [1.807, 2.05) is 35.8 Å². The van der Waals surface area contributed by atoms with Gasteiger partial charge in [0, 0.05) is 11.4 Å². The van der Waals surface area contributed by atoms with Crippen LogP contribution in [0.5, 0.6) is 11.5 Å². The Bertz CT molecular complexity index is 1140. The molecule has 0 spiro atoms. The molecule has 1 aromatic carbocycles. The molecule has 0 radical (unpaired) electrons. The van der Waals surface area contributed by atoms with Gasteiger partial charge in [0.2, 0.25) is 5.91 Å². The number of methoxy groups -OCH3 is 2. The Hall–Kier alpha value is -3.31. The molecule has 180 valence electrons. The summed E-state index contributed by atoms with van der Waals surface area (Å²) in [7, 11) is 2.92. The molecular weight excluding hydrogens is 476 g/mol. The predicted octanol–water partition coefficient (Wildman–Crippen LogP) is 4.19. The Labute approximate surface area is 206 Å². The molecule has 1 amide bonds. The van der Waals surface area contributed by atoms with Crippen molar-refractivity contribution in [3.63, 3.8) is 0 Å².